The number of fused-ring (bicyclic) bond motifs is 1. The van der Waals surface area contributed by atoms with Crippen LogP contribution >= 0.6 is 0 Å². The zero-order valence-electron chi connectivity index (χ0n) is 14.8. The zero-order valence-corrected chi connectivity index (χ0v) is 14.8. The minimum atomic E-state index is -0.536. The number of nitrogens with zero attached hydrogens (tertiary/aromatic N) is 4. The molecule has 8 heteroatoms. The van der Waals surface area contributed by atoms with Gasteiger partial charge < -0.3 is 9.42 Å². The largest absolute Gasteiger partial charge is 0.354 e. The zero-order chi connectivity index (χ0) is 18.3. The maximum atomic E-state index is 12.1. The number of aromatic amines is 1. The Labute approximate surface area is 149 Å². The van der Waals surface area contributed by atoms with E-state index in [9.17, 15) is 9.59 Å². The smallest absolute Gasteiger partial charge is 0.334 e. The van der Waals surface area contributed by atoms with Crippen molar-refractivity contribution >= 4 is 11.0 Å². The lowest BCUT2D eigenvalue weighted by Crippen LogP contribution is -2.49. The average Bonchev–Trinajstić information content (AvgIpc) is 3.00. The minimum Gasteiger partial charge on any atom is -0.354 e. The van der Waals surface area contributed by atoms with E-state index in [1.807, 2.05) is 18.2 Å². The fourth-order valence-electron chi connectivity index (χ4n) is 3.48. The molecule has 1 atom stereocenters. The first-order valence-electron chi connectivity index (χ1n) is 8.64. The van der Waals surface area contributed by atoms with Crippen LogP contribution in [0.5, 0.6) is 0 Å². The van der Waals surface area contributed by atoms with Gasteiger partial charge in [0.1, 0.15) is 0 Å². The Hall–Kier alpha value is -2.71. The molecular formula is C18H21N5O3. The van der Waals surface area contributed by atoms with E-state index in [-0.39, 0.29) is 0 Å². The van der Waals surface area contributed by atoms with Crippen LogP contribution in [0.25, 0.3) is 16.8 Å². The molecule has 1 saturated heterocycles. The predicted molar refractivity (Wildman–Crippen MR) is 97.6 cm³/mol. The first kappa shape index (κ1) is 16.7. The number of hydrogen-bond donors (Lipinski definition) is 1. The van der Waals surface area contributed by atoms with E-state index in [4.69, 9.17) is 4.52 Å². The highest BCUT2D eigenvalue weighted by Crippen LogP contribution is 2.23. The summed E-state index contributed by atoms with van der Waals surface area (Å²) in [5.74, 6) is 0.384. The third-order valence-electron chi connectivity index (χ3n) is 4.92. The topological polar surface area (TPSA) is 87.4 Å². The lowest BCUT2D eigenvalue weighted by atomic mass is 10.1. The number of H-pyrrole nitrogens is 1. The maximum Gasteiger partial charge on any atom is 0.334 e. The minimum absolute atomic E-state index is 0.384. The first-order chi connectivity index (χ1) is 12.5. The highest BCUT2D eigenvalue weighted by Gasteiger charge is 2.22. The van der Waals surface area contributed by atoms with Crippen LogP contribution in [0.1, 0.15) is 12.5 Å². The van der Waals surface area contributed by atoms with Crippen LogP contribution in [0, 0.1) is 0 Å². The Morgan fingerprint density at radius 1 is 1.27 bits per heavy atom. The molecule has 0 saturated carbocycles. The molecule has 26 heavy (non-hydrogen) atoms. The molecular weight excluding hydrogens is 334 g/mol. The predicted octanol–water partition coefficient (Wildman–Crippen LogP) is 0.803. The summed E-state index contributed by atoms with van der Waals surface area (Å²) in [5.41, 5.74) is 0.763. The summed E-state index contributed by atoms with van der Waals surface area (Å²) in [6, 6.07) is 7.67. The molecule has 3 heterocycles. The molecule has 136 valence electrons. The number of benzene rings is 1. The number of piperazine rings is 1. The second-order valence-corrected chi connectivity index (χ2v) is 6.90. The van der Waals surface area contributed by atoms with Crippen molar-refractivity contribution in [2.24, 2.45) is 0 Å². The molecule has 1 aromatic carbocycles. The van der Waals surface area contributed by atoms with Gasteiger partial charge in [0.15, 0.2) is 11.4 Å². The number of nitrogens with one attached hydrogen (secondary N) is 1. The van der Waals surface area contributed by atoms with Gasteiger partial charge in [0.05, 0.1) is 5.39 Å². The fraction of sp³-hybridized carbons (Fsp3) is 0.389. The van der Waals surface area contributed by atoms with E-state index in [2.05, 4.69) is 33.9 Å². The van der Waals surface area contributed by atoms with Gasteiger partial charge in [-0.25, -0.2) is 9.36 Å². The van der Waals surface area contributed by atoms with Crippen LogP contribution < -0.4 is 11.2 Å². The summed E-state index contributed by atoms with van der Waals surface area (Å²) in [4.78, 5) is 30.4. The summed E-state index contributed by atoms with van der Waals surface area (Å²) >= 11 is 0. The second kappa shape index (κ2) is 6.54. The molecule has 1 N–H and O–H groups in total. The van der Waals surface area contributed by atoms with E-state index >= 15 is 0 Å². The normalized spacial score (nSPS) is 19.2. The van der Waals surface area contributed by atoms with E-state index in [1.165, 1.54) is 16.8 Å². The van der Waals surface area contributed by atoms with Gasteiger partial charge in [0.2, 0.25) is 0 Å². The highest BCUT2D eigenvalue weighted by atomic mass is 16.5. The third-order valence-corrected chi connectivity index (χ3v) is 4.92. The molecule has 3 aromatic rings. The van der Waals surface area contributed by atoms with Crippen LogP contribution in [-0.4, -0.2) is 57.2 Å². The molecule has 1 aliphatic rings. The van der Waals surface area contributed by atoms with E-state index in [0.717, 1.165) is 37.1 Å². The number of rotatable bonds is 3. The van der Waals surface area contributed by atoms with Crippen molar-refractivity contribution < 1.29 is 4.52 Å². The van der Waals surface area contributed by atoms with Crippen LogP contribution in [0.4, 0.5) is 0 Å². The van der Waals surface area contributed by atoms with Gasteiger partial charge in [-0.2, -0.15) is 0 Å². The Morgan fingerprint density at radius 3 is 2.88 bits per heavy atom. The average molecular weight is 355 g/mol. The van der Waals surface area contributed by atoms with Gasteiger partial charge in [-0.05, 0) is 31.7 Å². The first-order valence-corrected chi connectivity index (χ1v) is 8.64. The van der Waals surface area contributed by atoms with Crippen molar-refractivity contribution in [3.8, 4) is 5.82 Å². The SMILES string of the molecule is CC1CN(C)CCN1Cc1ccc2onc(-n3ccc(=O)[nH]c3=O)c2c1. The third kappa shape index (κ3) is 3.09. The molecule has 1 unspecified atom stereocenters. The number of likely N-dealkylation sites (N-methyl/N-ethyl adjacent to an activating group) is 1. The van der Waals surface area contributed by atoms with Crippen LogP contribution in [0.3, 0.4) is 0 Å². The summed E-state index contributed by atoms with van der Waals surface area (Å²) in [6.45, 7) is 6.19. The molecule has 8 nitrogen and oxygen atoms in total. The van der Waals surface area contributed by atoms with E-state index < -0.39 is 11.2 Å². The Bertz CT molecular complexity index is 1050. The molecule has 4 rings (SSSR count). The van der Waals surface area contributed by atoms with Crippen molar-refractivity contribution in [3.05, 3.63) is 56.9 Å². The summed E-state index contributed by atoms with van der Waals surface area (Å²) in [6.07, 6.45) is 1.41. The standard InChI is InChI=1S/C18H21N5O3/c1-12-10-21(2)7-8-22(12)11-13-3-4-15-14(9-13)17(20-26-15)23-6-5-16(24)19-18(23)25/h3-6,9,12H,7-8,10-11H2,1-2H3,(H,19,24,25). The van der Waals surface area contributed by atoms with Crippen LogP contribution in [0.15, 0.2) is 44.6 Å². The highest BCUT2D eigenvalue weighted by molar-refractivity contribution is 5.84. The Morgan fingerprint density at radius 2 is 2.12 bits per heavy atom. The quantitative estimate of drug-likeness (QED) is 0.748. The lowest BCUT2D eigenvalue weighted by Gasteiger charge is -2.38. The summed E-state index contributed by atoms with van der Waals surface area (Å²) in [7, 11) is 2.14. The van der Waals surface area contributed by atoms with Crippen LogP contribution in [-0.2, 0) is 6.54 Å². The van der Waals surface area contributed by atoms with Gasteiger partial charge >= 0.3 is 5.69 Å². The molecule has 1 aliphatic heterocycles. The van der Waals surface area contributed by atoms with Crippen LogP contribution in [0.2, 0.25) is 0 Å². The van der Waals surface area contributed by atoms with E-state index in [0.29, 0.717) is 17.4 Å². The van der Waals surface area contributed by atoms with Crippen molar-refractivity contribution in [1.29, 1.82) is 0 Å². The molecule has 0 aliphatic carbocycles. The van der Waals surface area contributed by atoms with Gasteiger partial charge in [0.25, 0.3) is 5.56 Å². The molecule has 0 spiro atoms. The van der Waals surface area contributed by atoms with Gasteiger partial charge in [-0.1, -0.05) is 11.2 Å². The summed E-state index contributed by atoms with van der Waals surface area (Å²) < 4.78 is 6.63. The van der Waals surface area contributed by atoms with Gasteiger partial charge in [0, 0.05) is 44.5 Å². The lowest BCUT2D eigenvalue weighted by molar-refractivity contribution is 0.0939. The van der Waals surface area contributed by atoms with Crippen molar-refractivity contribution in [2.45, 2.75) is 19.5 Å². The van der Waals surface area contributed by atoms with Crippen molar-refractivity contribution in [2.75, 3.05) is 26.7 Å². The van der Waals surface area contributed by atoms with Crippen molar-refractivity contribution in [3.63, 3.8) is 0 Å². The molecule has 0 bridgehead atoms. The van der Waals surface area contributed by atoms with Gasteiger partial charge in [-0.3, -0.25) is 14.7 Å². The second-order valence-electron chi connectivity index (χ2n) is 6.90. The molecule has 1 fully saturated rings. The van der Waals surface area contributed by atoms with Gasteiger partial charge in [-0.15, -0.1) is 0 Å². The Balaban J connectivity index is 1.69. The maximum absolute atomic E-state index is 12.1. The van der Waals surface area contributed by atoms with E-state index in [1.54, 1.807) is 0 Å². The molecule has 0 radical (unpaired) electrons. The molecule has 0 amide bonds. The Kier molecular flexibility index (Phi) is 4.21. The summed E-state index contributed by atoms with van der Waals surface area (Å²) in [5, 5.41) is 4.76. The van der Waals surface area contributed by atoms with Crippen molar-refractivity contribution in [1.82, 2.24) is 24.5 Å². The fourth-order valence-corrected chi connectivity index (χ4v) is 3.48. The molecule has 2 aromatic heterocycles. The number of hydrogen-bond acceptors (Lipinski definition) is 6. The monoisotopic (exact) mass is 355 g/mol. The number of aromatic nitrogens is 3.